The summed E-state index contributed by atoms with van der Waals surface area (Å²) in [6, 6.07) is 7.72. The van der Waals surface area contributed by atoms with Gasteiger partial charge in [0, 0.05) is 26.2 Å². The van der Waals surface area contributed by atoms with E-state index in [-0.39, 0.29) is 0 Å². The first-order valence-electron chi connectivity index (χ1n) is 5.11. The second-order valence-electron chi connectivity index (χ2n) is 4.46. The normalized spacial score (nSPS) is 14.2. The average molecular weight is 222 g/mol. The topological polar surface area (TPSA) is 66.6 Å². The Morgan fingerprint density at radius 2 is 1.88 bits per heavy atom. The van der Waals surface area contributed by atoms with Crippen molar-refractivity contribution in [2.24, 2.45) is 5.73 Å². The summed E-state index contributed by atoms with van der Waals surface area (Å²) in [7, 11) is 3.92. The number of nitrogens with zero attached hydrogens (tertiary/aromatic N) is 1. The zero-order chi connectivity index (χ0) is 12.3. The van der Waals surface area contributed by atoms with Crippen molar-refractivity contribution in [3.8, 4) is 0 Å². The van der Waals surface area contributed by atoms with Crippen LogP contribution >= 0.6 is 0 Å². The predicted octanol–water partition coefficient (Wildman–Crippen LogP) is 1.10. The molecule has 1 aromatic carbocycles. The molecule has 0 saturated carbocycles. The molecule has 4 nitrogen and oxygen atoms in total. The molecule has 1 atom stereocenters. The Morgan fingerprint density at radius 1 is 1.38 bits per heavy atom. The van der Waals surface area contributed by atoms with Crippen LogP contribution < -0.4 is 10.6 Å². The molecule has 4 heteroatoms. The van der Waals surface area contributed by atoms with Gasteiger partial charge in [-0.1, -0.05) is 12.1 Å². The van der Waals surface area contributed by atoms with E-state index in [9.17, 15) is 4.79 Å². The highest BCUT2D eigenvalue weighted by molar-refractivity contribution is 5.78. The molecular formula is C12H18N2O2. The number of rotatable bonds is 4. The summed E-state index contributed by atoms with van der Waals surface area (Å²) in [5, 5.41) is 8.91. The lowest BCUT2D eigenvalue weighted by atomic mass is 9.94. The van der Waals surface area contributed by atoms with E-state index in [0.717, 1.165) is 11.3 Å². The maximum Gasteiger partial charge on any atom is 0.323 e. The third kappa shape index (κ3) is 2.97. The van der Waals surface area contributed by atoms with Crippen molar-refractivity contribution in [3.63, 3.8) is 0 Å². The Bertz CT molecular complexity index is 369. The van der Waals surface area contributed by atoms with Gasteiger partial charge in [-0.2, -0.15) is 0 Å². The first kappa shape index (κ1) is 12.5. The van der Waals surface area contributed by atoms with Crippen molar-refractivity contribution in [1.29, 1.82) is 0 Å². The smallest absolute Gasteiger partial charge is 0.323 e. The van der Waals surface area contributed by atoms with E-state index in [1.54, 1.807) is 0 Å². The maximum absolute atomic E-state index is 10.9. The quantitative estimate of drug-likeness (QED) is 0.800. The number of carbonyl (C=O) groups is 1. The van der Waals surface area contributed by atoms with Crippen LogP contribution in [0.25, 0.3) is 0 Å². The van der Waals surface area contributed by atoms with Gasteiger partial charge in [-0.25, -0.2) is 0 Å². The minimum atomic E-state index is -1.21. The molecule has 0 amide bonds. The largest absolute Gasteiger partial charge is 0.480 e. The summed E-state index contributed by atoms with van der Waals surface area (Å²) >= 11 is 0. The fourth-order valence-corrected chi connectivity index (χ4v) is 1.41. The van der Waals surface area contributed by atoms with Crippen molar-refractivity contribution in [2.45, 2.75) is 18.9 Å². The van der Waals surface area contributed by atoms with Crippen LogP contribution in [0.3, 0.4) is 0 Å². The molecule has 0 aliphatic carbocycles. The summed E-state index contributed by atoms with van der Waals surface area (Å²) < 4.78 is 0. The van der Waals surface area contributed by atoms with E-state index in [1.165, 1.54) is 6.92 Å². The number of nitrogens with two attached hydrogens (primary N) is 1. The number of carboxylic acid groups (broad SMARTS) is 1. The molecule has 0 aliphatic rings. The first-order chi connectivity index (χ1) is 7.33. The standard InChI is InChI=1S/C12H18N2O2/c1-12(13,11(15)16)8-9-4-6-10(7-5-9)14(2)3/h4-7H,8,13H2,1-3H3,(H,15,16). The number of carboxylic acids is 1. The van der Waals surface area contributed by atoms with Gasteiger partial charge in [0.25, 0.3) is 0 Å². The molecule has 16 heavy (non-hydrogen) atoms. The number of aliphatic carboxylic acids is 1. The molecular weight excluding hydrogens is 204 g/mol. The lowest BCUT2D eigenvalue weighted by molar-refractivity contribution is -0.142. The van der Waals surface area contributed by atoms with E-state index in [0.29, 0.717) is 6.42 Å². The molecule has 3 N–H and O–H groups in total. The highest BCUT2D eigenvalue weighted by Crippen LogP contribution is 2.16. The molecule has 0 heterocycles. The van der Waals surface area contributed by atoms with Gasteiger partial charge < -0.3 is 15.7 Å². The lowest BCUT2D eigenvalue weighted by Crippen LogP contribution is -2.46. The van der Waals surface area contributed by atoms with Gasteiger partial charge in [-0.3, -0.25) is 4.79 Å². The molecule has 1 unspecified atom stereocenters. The monoisotopic (exact) mass is 222 g/mol. The molecule has 0 saturated heterocycles. The van der Waals surface area contributed by atoms with Crippen LogP contribution in [0.5, 0.6) is 0 Å². The SMILES string of the molecule is CN(C)c1ccc(CC(C)(N)C(=O)O)cc1. The molecule has 0 aliphatic heterocycles. The summed E-state index contributed by atoms with van der Waals surface area (Å²) in [6.45, 7) is 1.52. The molecule has 88 valence electrons. The number of anilines is 1. The zero-order valence-electron chi connectivity index (χ0n) is 9.90. The van der Waals surface area contributed by atoms with E-state index in [1.807, 2.05) is 43.3 Å². The third-order valence-electron chi connectivity index (χ3n) is 2.51. The number of hydrogen-bond donors (Lipinski definition) is 2. The number of hydrogen-bond acceptors (Lipinski definition) is 3. The Labute approximate surface area is 95.7 Å². The van der Waals surface area contributed by atoms with Crippen LogP contribution in [-0.2, 0) is 11.2 Å². The van der Waals surface area contributed by atoms with Crippen LogP contribution in [0.1, 0.15) is 12.5 Å². The lowest BCUT2D eigenvalue weighted by Gasteiger charge is -2.19. The molecule has 0 aromatic heterocycles. The fourth-order valence-electron chi connectivity index (χ4n) is 1.41. The van der Waals surface area contributed by atoms with Gasteiger partial charge in [0.1, 0.15) is 5.54 Å². The summed E-state index contributed by atoms with van der Waals surface area (Å²) in [5.41, 5.74) is 6.48. The van der Waals surface area contributed by atoms with Gasteiger partial charge in [0.15, 0.2) is 0 Å². The highest BCUT2D eigenvalue weighted by atomic mass is 16.4. The Kier molecular flexibility index (Phi) is 3.55. The maximum atomic E-state index is 10.9. The van der Waals surface area contributed by atoms with Gasteiger partial charge in [0.2, 0.25) is 0 Å². The molecule has 0 bridgehead atoms. The van der Waals surface area contributed by atoms with Crippen molar-refractivity contribution in [2.75, 3.05) is 19.0 Å². The third-order valence-corrected chi connectivity index (χ3v) is 2.51. The van der Waals surface area contributed by atoms with Crippen molar-refractivity contribution in [1.82, 2.24) is 0 Å². The van der Waals surface area contributed by atoms with Crippen LogP contribution in [-0.4, -0.2) is 30.7 Å². The Balaban J connectivity index is 2.80. The highest BCUT2D eigenvalue weighted by Gasteiger charge is 2.27. The summed E-state index contributed by atoms with van der Waals surface area (Å²) in [4.78, 5) is 12.9. The fraction of sp³-hybridized carbons (Fsp3) is 0.417. The van der Waals surface area contributed by atoms with E-state index in [2.05, 4.69) is 0 Å². The average Bonchev–Trinajstić information content (AvgIpc) is 2.17. The van der Waals surface area contributed by atoms with Crippen LogP contribution in [0.2, 0.25) is 0 Å². The van der Waals surface area contributed by atoms with Crippen molar-refractivity contribution in [3.05, 3.63) is 29.8 Å². The van der Waals surface area contributed by atoms with Crippen molar-refractivity contribution < 1.29 is 9.90 Å². The van der Waals surface area contributed by atoms with Gasteiger partial charge in [-0.05, 0) is 24.6 Å². The first-order valence-corrected chi connectivity index (χ1v) is 5.11. The van der Waals surface area contributed by atoms with Gasteiger partial charge >= 0.3 is 5.97 Å². The molecule has 0 radical (unpaired) electrons. The summed E-state index contributed by atoms with van der Waals surface area (Å²) in [6.07, 6.45) is 0.329. The second-order valence-corrected chi connectivity index (χ2v) is 4.46. The second kappa shape index (κ2) is 4.53. The van der Waals surface area contributed by atoms with Crippen LogP contribution in [0.4, 0.5) is 5.69 Å². The van der Waals surface area contributed by atoms with Gasteiger partial charge in [-0.15, -0.1) is 0 Å². The summed E-state index contributed by atoms with van der Waals surface area (Å²) in [5.74, 6) is -0.982. The molecule has 1 aromatic rings. The number of benzene rings is 1. The minimum Gasteiger partial charge on any atom is -0.480 e. The molecule has 1 rings (SSSR count). The Hall–Kier alpha value is -1.55. The van der Waals surface area contributed by atoms with Crippen LogP contribution in [0.15, 0.2) is 24.3 Å². The van der Waals surface area contributed by atoms with Crippen LogP contribution in [0, 0.1) is 0 Å². The van der Waals surface area contributed by atoms with E-state index in [4.69, 9.17) is 10.8 Å². The minimum absolute atomic E-state index is 0.329. The van der Waals surface area contributed by atoms with E-state index < -0.39 is 11.5 Å². The van der Waals surface area contributed by atoms with Crippen molar-refractivity contribution >= 4 is 11.7 Å². The van der Waals surface area contributed by atoms with Gasteiger partial charge in [0.05, 0.1) is 0 Å². The zero-order valence-corrected chi connectivity index (χ0v) is 9.90. The molecule has 0 spiro atoms. The molecule has 0 fully saturated rings. The predicted molar refractivity (Wildman–Crippen MR) is 64.7 cm³/mol. The van der Waals surface area contributed by atoms with E-state index >= 15 is 0 Å². The Morgan fingerprint density at radius 3 is 2.25 bits per heavy atom.